The van der Waals surface area contributed by atoms with E-state index in [1.165, 1.54) is 22.3 Å². The number of nitrogens with zero attached hydrogens (tertiary/aromatic N) is 2. The molecule has 1 N–H and O–H groups in total. The molecule has 6 nitrogen and oxygen atoms in total. The molecule has 0 saturated carbocycles. The lowest BCUT2D eigenvalue weighted by Gasteiger charge is -2.31. The summed E-state index contributed by atoms with van der Waals surface area (Å²) in [5.74, 6) is -0.108. The molecular weight excluding hydrogens is 620 g/mol. The van der Waals surface area contributed by atoms with Crippen molar-refractivity contribution >= 4 is 34.1 Å². The van der Waals surface area contributed by atoms with Gasteiger partial charge in [-0.3, -0.25) is 4.79 Å². The first kappa shape index (κ1) is 36.8. The lowest BCUT2D eigenvalue weighted by atomic mass is 9.80. The zero-order chi connectivity index (χ0) is 35.9. The summed E-state index contributed by atoms with van der Waals surface area (Å²) in [7, 11) is 0. The van der Waals surface area contributed by atoms with E-state index in [-0.39, 0.29) is 23.8 Å². The van der Waals surface area contributed by atoms with E-state index in [0.717, 1.165) is 35.6 Å². The Balaban J connectivity index is 1.44. The van der Waals surface area contributed by atoms with E-state index >= 15 is 0 Å². The molecule has 3 aromatic rings. The Bertz CT molecular complexity index is 1860. The number of ketones is 1. The molecular formula is C44H53N2O4+. The Labute approximate surface area is 298 Å². The first-order chi connectivity index (χ1) is 24.1. The number of hydrogen-bond acceptors (Lipinski definition) is 5. The van der Waals surface area contributed by atoms with Crippen LogP contribution in [-0.4, -0.2) is 59.7 Å². The topological polar surface area (TPSA) is 62.0 Å². The van der Waals surface area contributed by atoms with Gasteiger partial charge in [-0.15, -0.1) is 0 Å². The first-order valence-corrected chi connectivity index (χ1v) is 18.1. The number of hydrogen-bond donors (Lipinski definition) is 1. The normalized spacial score (nSPS) is 15.4. The van der Waals surface area contributed by atoms with Crippen molar-refractivity contribution in [3.05, 3.63) is 130 Å². The van der Waals surface area contributed by atoms with Crippen LogP contribution in [0.25, 0.3) is 5.57 Å². The van der Waals surface area contributed by atoms with Crippen molar-refractivity contribution in [2.45, 2.75) is 80.4 Å². The van der Waals surface area contributed by atoms with E-state index in [1.807, 2.05) is 62.4 Å². The molecule has 0 amide bonds. The van der Waals surface area contributed by atoms with Gasteiger partial charge < -0.3 is 19.5 Å². The van der Waals surface area contributed by atoms with Crippen molar-refractivity contribution in [3.8, 4) is 0 Å². The molecule has 0 heterocycles. The molecule has 2 unspecified atom stereocenters. The average molecular weight is 674 g/mol. The second-order valence-corrected chi connectivity index (χ2v) is 13.3. The van der Waals surface area contributed by atoms with Gasteiger partial charge in [0.1, 0.15) is 11.9 Å². The van der Waals surface area contributed by atoms with Crippen molar-refractivity contribution in [2.24, 2.45) is 0 Å². The number of allylic oxidation sites excluding steroid dienone is 7. The van der Waals surface area contributed by atoms with Crippen molar-refractivity contribution in [3.63, 3.8) is 0 Å². The number of carbonyl (C=O) groups excluding carboxylic acids is 1. The standard InChI is InChI=1S/C44H52N2O4/c1-9-37(49-11-3)27-45(39-23-13-29(5)25-31(39)7)35-19-15-33(16-20-35)41-43(47)42(44(41)48)34-17-21-36(22-18-34)46(28-38(10-2)50-12-4)40-24-14-30(6)26-32(40)8/h13-26,37-38H,9-12,27-28H2,1-8H3/p+1. The Morgan fingerprint density at radius 2 is 1.32 bits per heavy atom. The molecule has 2 aliphatic rings. The maximum Gasteiger partial charge on any atom is 0.208 e. The van der Waals surface area contributed by atoms with Gasteiger partial charge in [-0.25, -0.2) is 0 Å². The van der Waals surface area contributed by atoms with Crippen LogP contribution in [0.4, 0.5) is 17.1 Å². The highest BCUT2D eigenvalue weighted by atomic mass is 16.5. The molecule has 5 rings (SSSR count). The van der Waals surface area contributed by atoms with E-state index in [0.29, 0.717) is 48.6 Å². The first-order valence-electron chi connectivity index (χ1n) is 18.1. The highest BCUT2D eigenvalue weighted by molar-refractivity contribution is 6.39. The van der Waals surface area contributed by atoms with Gasteiger partial charge in [0.15, 0.2) is 6.54 Å². The van der Waals surface area contributed by atoms with Crippen LogP contribution in [-0.2, 0) is 14.3 Å². The Hall–Kier alpha value is -4.52. The Morgan fingerprint density at radius 1 is 0.720 bits per heavy atom. The molecule has 2 atom stereocenters. The predicted molar refractivity (Wildman–Crippen MR) is 206 cm³/mol. The molecule has 2 aliphatic carbocycles. The lowest BCUT2D eigenvalue weighted by Crippen LogP contribution is -2.31. The summed E-state index contributed by atoms with van der Waals surface area (Å²) in [5.41, 5.74) is 11.2. The van der Waals surface area contributed by atoms with Crippen molar-refractivity contribution in [1.82, 2.24) is 0 Å². The van der Waals surface area contributed by atoms with Gasteiger partial charge in [0.05, 0.1) is 17.3 Å². The lowest BCUT2D eigenvalue weighted by molar-refractivity contribution is -0.453. The molecule has 0 spiro atoms. The Morgan fingerprint density at radius 3 is 1.88 bits per heavy atom. The molecule has 0 bridgehead atoms. The molecule has 0 fully saturated rings. The van der Waals surface area contributed by atoms with Crippen LogP contribution in [0.2, 0.25) is 0 Å². The van der Waals surface area contributed by atoms with E-state index in [9.17, 15) is 9.90 Å². The minimum Gasteiger partial charge on any atom is -0.506 e. The third-order valence-electron chi connectivity index (χ3n) is 9.64. The summed E-state index contributed by atoms with van der Waals surface area (Å²) in [6, 6.07) is 20.9. The number of Topliss-reactive ketones (excluding diaryl/α,β-unsaturated/α-hetero) is 1. The van der Waals surface area contributed by atoms with Gasteiger partial charge in [0.2, 0.25) is 17.2 Å². The van der Waals surface area contributed by atoms with Gasteiger partial charge in [-0.05, 0) is 108 Å². The molecule has 6 heteroatoms. The number of anilines is 2. The maximum absolute atomic E-state index is 13.6. The third kappa shape index (κ3) is 7.93. The van der Waals surface area contributed by atoms with E-state index in [2.05, 4.69) is 87.4 Å². The molecule has 0 aromatic heterocycles. The summed E-state index contributed by atoms with van der Waals surface area (Å²) < 4.78 is 14.4. The zero-order valence-electron chi connectivity index (χ0n) is 31.0. The minimum absolute atomic E-state index is 0.0396. The summed E-state index contributed by atoms with van der Waals surface area (Å²) in [6.45, 7) is 19.6. The van der Waals surface area contributed by atoms with Gasteiger partial charge in [0.25, 0.3) is 0 Å². The molecule has 0 aliphatic heterocycles. The van der Waals surface area contributed by atoms with Crippen LogP contribution in [0, 0.1) is 27.7 Å². The fraction of sp³-hybridized carbons (Fsp3) is 0.364. The summed E-state index contributed by atoms with van der Waals surface area (Å²) in [5, 5.41) is 11.3. The minimum atomic E-state index is -0.148. The van der Waals surface area contributed by atoms with Crippen LogP contribution < -0.4 is 4.90 Å². The number of rotatable bonds is 14. The maximum atomic E-state index is 13.6. The summed E-state index contributed by atoms with van der Waals surface area (Å²) >= 11 is 0. The Kier molecular flexibility index (Phi) is 12.1. The van der Waals surface area contributed by atoms with Crippen LogP contribution in [0.15, 0.2) is 102 Å². The summed E-state index contributed by atoms with van der Waals surface area (Å²) in [4.78, 5) is 15.9. The SMILES string of the molecule is CCOC(CC)CN(c1ccc(C2=C(O)C(=C3C=CC(=[N+](CC(CC)OCC)c4ccc(C)cc4C)C=C3)C2=O)cc1)c1ccc(C)cc1C. The van der Waals surface area contributed by atoms with E-state index < -0.39 is 0 Å². The fourth-order valence-corrected chi connectivity index (χ4v) is 6.93. The molecule has 3 aromatic carbocycles. The smallest absolute Gasteiger partial charge is 0.208 e. The van der Waals surface area contributed by atoms with Gasteiger partial charge in [-0.1, -0.05) is 55.3 Å². The van der Waals surface area contributed by atoms with Crippen molar-refractivity contribution in [2.75, 3.05) is 31.2 Å². The molecule has 0 saturated heterocycles. The second-order valence-electron chi connectivity index (χ2n) is 13.3. The van der Waals surface area contributed by atoms with Crippen LogP contribution >= 0.6 is 0 Å². The molecule has 262 valence electrons. The monoisotopic (exact) mass is 673 g/mol. The number of aryl methyl sites for hydroxylation is 4. The van der Waals surface area contributed by atoms with Crippen molar-refractivity contribution in [1.29, 1.82) is 0 Å². The number of benzene rings is 3. The van der Waals surface area contributed by atoms with Crippen LogP contribution in [0.5, 0.6) is 0 Å². The quantitative estimate of drug-likeness (QED) is 0.136. The fourth-order valence-electron chi connectivity index (χ4n) is 6.93. The molecule has 0 radical (unpaired) electrons. The van der Waals surface area contributed by atoms with Crippen molar-refractivity contribution < 1.29 is 24.0 Å². The van der Waals surface area contributed by atoms with Gasteiger partial charge in [-0.2, -0.15) is 4.58 Å². The van der Waals surface area contributed by atoms with E-state index in [1.54, 1.807) is 0 Å². The number of carbonyl (C=O) groups is 1. The zero-order valence-corrected chi connectivity index (χ0v) is 31.0. The highest BCUT2D eigenvalue weighted by Gasteiger charge is 2.37. The van der Waals surface area contributed by atoms with Crippen LogP contribution in [0.3, 0.4) is 0 Å². The van der Waals surface area contributed by atoms with Crippen LogP contribution in [0.1, 0.15) is 68.4 Å². The number of aliphatic hydroxyl groups is 1. The largest absolute Gasteiger partial charge is 0.506 e. The van der Waals surface area contributed by atoms with Gasteiger partial charge >= 0.3 is 0 Å². The van der Waals surface area contributed by atoms with Gasteiger partial charge in [0, 0.05) is 54.9 Å². The molecule has 50 heavy (non-hydrogen) atoms. The number of ether oxygens (including phenoxy) is 2. The van der Waals surface area contributed by atoms with E-state index in [4.69, 9.17) is 9.47 Å². The number of aliphatic hydroxyl groups excluding tert-OH is 1. The highest BCUT2D eigenvalue weighted by Crippen LogP contribution is 2.40. The average Bonchev–Trinajstić information content (AvgIpc) is 3.10. The summed E-state index contributed by atoms with van der Waals surface area (Å²) in [6.07, 6.45) is 9.88. The third-order valence-corrected chi connectivity index (χ3v) is 9.64. The second kappa shape index (κ2) is 16.5. The predicted octanol–water partition coefficient (Wildman–Crippen LogP) is 9.75.